The number of ether oxygens (including phenoxy) is 4. The van der Waals surface area contributed by atoms with Gasteiger partial charge in [-0.2, -0.15) is 13.2 Å². The molecule has 0 N–H and O–H groups in total. The predicted octanol–water partition coefficient (Wildman–Crippen LogP) is 4.44. The fraction of sp³-hybridized carbons (Fsp3) is 0.273. The van der Waals surface area contributed by atoms with Crippen LogP contribution in [0.15, 0.2) is 45.6 Å². The minimum Gasteiger partial charge on any atom is -0.493 e. The van der Waals surface area contributed by atoms with Crippen LogP contribution in [-0.4, -0.2) is 33.4 Å². The van der Waals surface area contributed by atoms with Crippen LogP contribution in [0.2, 0.25) is 0 Å². The molecule has 0 saturated carbocycles. The largest absolute Gasteiger partial charge is 0.493 e. The monoisotopic (exact) mass is 452 g/mol. The SMILES string of the molecule is CCOC(=O)COc1ccc2c(=O)c(-c3ccc(OC)c(OC)c3)c(C(F)(F)F)oc2c1. The number of alkyl halides is 3. The molecule has 0 radical (unpaired) electrons. The van der Waals surface area contributed by atoms with Gasteiger partial charge in [-0.3, -0.25) is 4.79 Å². The molecule has 0 bridgehead atoms. The molecule has 7 nitrogen and oxygen atoms in total. The first-order chi connectivity index (χ1) is 15.2. The minimum atomic E-state index is -4.96. The van der Waals surface area contributed by atoms with Gasteiger partial charge in [0.15, 0.2) is 18.1 Å². The number of hydrogen-bond acceptors (Lipinski definition) is 7. The summed E-state index contributed by atoms with van der Waals surface area (Å²) in [4.78, 5) is 24.5. The Hall–Kier alpha value is -3.69. The number of methoxy groups -OCH3 is 2. The fourth-order valence-corrected chi connectivity index (χ4v) is 3.06. The molecule has 0 aliphatic rings. The van der Waals surface area contributed by atoms with Crippen LogP contribution < -0.4 is 19.6 Å². The van der Waals surface area contributed by atoms with E-state index in [9.17, 15) is 22.8 Å². The van der Waals surface area contributed by atoms with Crippen LogP contribution in [0.4, 0.5) is 13.2 Å². The van der Waals surface area contributed by atoms with Crippen molar-refractivity contribution in [3.05, 3.63) is 52.4 Å². The van der Waals surface area contributed by atoms with E-state index in [1.807, 2.05) is 0 Å². The molecule has 3 aromatic rings. The van der Waals surface area contributed by atoms with Crippen LogP contribution in [0, 0.1) is 0 Å². The number of rotatable bonds is 7. The summed E-state index contributed by atoms with van der Waals surface area (Å²) >= 11 is 0. The molecule has 0 saturated heterocycles. The van der Waals surface area contributed by atoms with E-state index < -0.39 is 35.5 Å². The lowest BCUT2D eigenvalue weighted by Crippen LogP contribution is -2.16. The van der Waals surface area contributed by atoms with E-state index in [1.165, 1.54) is 44.6 Å². The van der Waals surface area contributed by atoms with Gasteiger partial charge >= 0.3 is 12.1 Å². The third kappa shape index (κ3) is 4.63. The number of benzene rings is 2. The van der Waals surface area contributed by atoms with E-state index >= 15 is 0 Å². The summed E-state index contributed by atoms with van der Waals surface area (Å²) in [5.41, 5.74) is -1.94. The first kappa shape index (κ1) is 23.0. The van der Waals surface area contributed by atoms with Gasteiger partial charge in [-0.15, -0.1) is 0 Å². The Kier molecular flexibility index (Phi) is 6.61. The lowest BCUT2D eigenvalue weighted by atomic mass is 10.0. The summed E-state index contributed by atoms with van der Waals surface area (Å²) in [6, 6.07) is 7.71. The highest BCUT2D eigenvalue weighted by molar-refractivity contribution is 5.84. The molecule has 0 spiro atoms. The van der Waals surface area contributed by atoms with E-state index in [0.29, 0.717) is 5.75 Å². The van der Waals surface area contributed by atoms with Crippen LogP contribution >= 0.6 is 0 Å². The molecule has 1 aromatic heterocycles. The molecular weight excluding hydrogens is 433 g/mol. The molecule has 0 fully saturated rings. The summed E-state index contributed by atoms with van der Waals surface area (Å²) in [5.74, 6) is -1.63. The zero-order chi connectivity index (χ0) is 23.5. The van der Waals surface area contributed by atoms with Crippen molar-refractivity contribution in [2.75, 3.05) is 27.4 Å². The average molecular weight is 452 g/mol. The smallest absolute Gasteiger partial charge is 0.450 e. The van der Waals surface area contributed by atoms with Crippen molar-refractivity contribution in [3.63, 3.8) is 0 Å². The van der Waals surface area contributed by atoms with E-state index in [1.54, 1.807) is 6.92 Å². The van der Waals surface area contributed by atoms with Crippen LogP contribution in [0.1, 0.15) is 12.7 Å². The third-order valence-corrected chi connectivity index (χ3v) is 4.46. The van der Waals surface area contributed by atoms with E-state index in [0.717, 1.165) is 6.07 Å². The average Bonchev–Trinajstić information content (AvgIpc) is 2.76. The molecule has 170 valence electrons. The maximum absolute atomic E-state index is 13.8. The van der Waals surface area contributed by atoms with Crippen LogP contribution in [0.5, 0.6) is 17.2 Å². The van der Waals surface area contributed by atoms with Gasteiger partial charge in [-0.25, -0.2) is 4.79 Å². The lowest BCUT2D eigenvalue weighted by molar-refractivity contribution is -0.152. The summed E-state index contributed by atoms with van der Waals surface area (Å²) in [7, 11) is 2.71. The Labute approximate surface area is 180 Å². The minimum absolute atomic E-state index is 0.0423. The van der Waals surface area contributed by atoms with Gasteiger partial charge in [-0.1, -0.05) is 6.07 Å². The van der Waals surface area contributed by atoms with Gasteiger partial charge in [0.1, 0.15) is 11.3 Å². The second kappa shape index (κ2) is 9.21. The predicted molar refractivity (Wildman–Crippen MR) is 108 cm³/mol. The van der Waals surface area contributed by atoms with Crippen LogP contribution in [0.3, 0.4) is 0 Å². The third-order valence-electron chi connectivity index (χ3n) is 4.46. The van der Waals surface area contributed by atoms with Crippen molar-refractivity contribution < 1.29 is 41.3 Å². The van der Waals surface area contributed by atoms with E-state index in [4.69, 9.17) is 23.4 Å². The first-order valence-corrected chi connectivity index (χ1v) is 9.38. The van der Waals surface area contributed by atoms with Gasteiger partial charge in [0.05, 0.1) is 31.8 Å². The fourth-order valence-electron chi connectivity index (χ4n) is 3.06. The van der Waals surface area contributed by atoms with Crippen molar-refractivity contribution in [2.45, 2.75) is 13.1 Å². The Balaban J connectivity index is 2.15. The second-order valence-corrected chi connectivity index (χ2v) is 6.45. The van der Waals surface area contributed by atoms with Gasteiger partial charge < -0.3 is 23.4 Å². The zero-order valence-corrected chi connectivity index (χ0v) is 17.4. The number of fused-ring (bicyclic) bond motifs is 1. The molecule has 32 heavy (non-hydrogen) atoms. The quantitative estimate of drug-likeness (QED) is 0.490. The molecule has 3 rings (SSSR count). The van der Waals surface area contributed by atoms with Crippen molar-refractivity contribution in [1.29, 1.82) is 0 Å². The van der Waals surface area contributed by atoms with Crippen LogP contribution in [-0.2, 0) is 15.7 Å². The van der Waals surface area contributed by atoms with Crippen LogP contribution in [0.25, 0.3) is 22.1 Å². The van der Waals surface area contributed by atoms with Crippen molar-refractivity contribution in [1.82, 2.24) is 0 Å². The highest BCUT2D eigenvalue weighted by Crippen LogP contribution is 2.40. The summed E-state index contributed by atoms with van der Waals surface area (Å²) in [6.07, 6.45) is -4.96. The highest BCUT2D eigenvalue weighted by atomic mass is 19.4. The highest BCUT2D eigenvalue weighted by Gasteiger charge is 2.39. The number of carbonyl (C=O) groups is 1. The Morgan fingerprint density at radius 3 is 2.38 bits per heavy atom. The molecule has 0 atom stereocenters. The maximum Gasteiger partial charge on any atom is 0.450 e. The summed E-state index contributed by atoms with van der Waals surface area (Å²) in [5, 5.41) is -0.0914. The molecule has 2 aromatic carbocycles. The number of halogens is 3. The molecule has 0 unspecified atom stereocenters. The number of carbonyl (C=O) groups excluding carboxylic acids is 1. The molecule has 10 heteroatoms. The molecular formula is C22H19F3O7. The van der Waals surface area contributed by atoms with Crippen molar-refractivity contribution in [3.8, 4) is 28.4 Å². The standard InChI is InChI=1S/C22H19F3O7/c1-4-30-18(26)11-31-13-6-7-14-16(10-13)32-21(22(23,24)25)19(20(14)27)12-5-8-15(28-2)17(9-12)29-3/h5-10H,4,11H2,1-3H3. The maximum atomic E-state index is 13.8. The van der Waals surface area contributed by atoms with E-state index in [-0.39, 0.29) is 34.6 Å². The zero-order valence-electron chi connectivity index (χ0n) is 17.4. The molecule has 0 amide bonds. The topological polar surface area (TPSA) is 84.2 Å². The lowest BCUT2D eigenvalue weighted by Gasteiger charge is -2.15. The molecule has 0 aliphatic carbocycles. The number of esters is 1. The van der Waals surface area contributed by atoms with Crippen molar-refractivity contribution >= 4 is 16.9 Å². The summed E-state index contributed by atoms with van der Waals surface area (Å²) in [6.45, 7) is 1.33. The van der Waals surface area contributed by atoms with Gasteiger partial charge in [0.2, 0.25) is 11.2 Å². The Morgan fingerprint density at radius 1 is 1.03 bits per heavy atom. The first-order valence-electron chi connectivity index (χ1n) is 9.38. The normalized spacial score (nSPS) is 11.3. The van der Waals surface area contributed by atoms with Gasteiger partial charge in [-0.05, 0) is 36.8 Å². The van der Waals surface area contributed by atoms with E-state index in [2.05, 4.69) is 0 Å². The van der Waals surface area contributed by atoms with Gasteiger partial charge in [0, 0.05) is 6.07 Å². The second-order valence-electron chi connectivity index (χ2n) is 6.45. The Morgan fingerprint density at radius 2 is 1.75 bits per heavy atom. The summed E-state index contributed by atoms with van der Waals surface area (Å²) < 4.78 is 66.8. The number of hydrogen-bond donors (Lipinski definition) is 0. The molecule has 0 aliphatic heterocycles. The van der Waals surface area contributed by atoms with Crippen molar-refractivity contribution in [2.24, 2.45) is 0 Å². The Bertz CT molecular complexity index is 1200. The molecule has 1 heterocycles. The van der Waals surface area contributed by atoms with Gasteiger partial charge in [0.25, 0.3) is 0 Å².